The molecule has 0 bridgehead atoms. The molecule has 2 aromatic rings. The second-order valence-corrected chi connectivity index (χ2v) is 10.4. The Balaban J connectivity index is 1.67. The number of imidazole rings is 1. The molecule has 3 aliphatic rings. The Kier molecular flexibility index (Phi) is 6.36. The fourth-order valence-electron chi connectivity index (χ4n) is 5.28. The molecule has 8 nitrogen and oxygen atoms in total. The van der Waals surface area contributed by atoms with E-state index in [1.54, 1.807) is 7.11 Å². The van der Waals surface area contributed by atoms with Gasteiger partial charge in [0.05, 0.1) is 43.3 Å². The predicted molar refractivity (Wildman–Crippen MR) is 135 cm³/mol. The predicted octanol–water partition coefficient (Wildman–Crippen LogP) is 3.39. The Labute approximate surface area is 207 Å². The summed E-state index contributed by atoms with van der Waals surface area (Å²) in [5, 5.41) is 3.38. The molecule has 1 aromatic heterocycles. The molecule has 4 heterocycles. The van der Waals surface area contributed by atoms with Gasteiger partial charge in [0, 0.05) is 19.2 Å². The zero-order valence-electron chi connectivity index (χ0n) is 21.4. The van der Waals surface area contributed by atoms with Crippen LogP contribution in [0.3, 0.4) is 0 Å². The van der Waals surface area contributed by atoms with Crippen molar-refractivity contribution < 1.29 is 19.0 Å². The van der Waals surface area contributed by atoms with Crippen molar-refractivity contribution in [2.75, 3.05) is 40.0 Å². The maximum absolute atomic E-state index is 13.9. The number of benzene rings is 1. The number of carbonyl (C=O) groups excluding carboxylic acids is 1. The van der Waals surface area contributed by atoms with E-state index in [0.29, 0.717) is 31.2 Å². The molecule has 188 valence electrons. The average molecular weight is 481 g/mol. The summed E-state index contributed by atoms with van der Waals surface area (Å²) < 4.78 is 19.6. The van der Waals surface area contributed by atoms with E-state index >= 15 is 0 Å². The zero-order chi connectivity index (χ0) is 24.7. The van der Waals surface area contributed by atoms with E-state index in [9.17, 15) is 4.79 Å². The van der Waals surface area contributed by atoms with E-state index in [-0.39, 0.29) is 17.6 Å². The van der Waals surface area contributed by atoms with Crippen LogP contribution >= 0.6 is 0 Å². The zero-order valence-corrected chi connectivity index (χ0v) is 21.4. The first kappa shape index (κ1) is 23.9. The highest BCUT2D eigenvalue weighted by Crippen LogP contribution is 2.40. The summed E-state index contributed by atoms with van der Waals surface area (Å²) in [5.41, 5.74) is 4.51. The highest BCUT2D eigenvalue weighted by Gasteiger charge is 2.38. The molecule has 1 amide bonds. The van der Waals surface area contributed by atoms with Gasteiger partial charge in [0.2, 0.25) is 0 Å². The number of nitrogens with one attached hydrogen (secondary N) is 1. The van der Waals surface area contributed by atoms with Crippen molar-refractivity contribution in [3.05, 3.63) is 41.0 Å². The summed E-state index contributed by atoms with van der Waals surface area (Å²) in [6, 6.07) is 4.12. The van der Waals surface area contributed by atoms with E-state index < -0.39 is 0 Å². The van der Waals surface area contributed by atoms with Crippen molar-refractivity contribution in [1.29, 1.82) is 0 Å². The van der Waals surface area contributed by atoms with Gasteiger partial charge >= 0.3 is 0 Å². The Hall–Kier alpha value is -2.84. The van der Waals surface area contributed by atoms with Crippen molar-refractivity contribution in [2.45, 2.75) is 58.6 Å². The highest BCUT2D eigenvalue weighted by molar-refractivity contribution is 5.95. The van der Waals surface area contributed by atoms with Crippen LogP contribution in [0.4, 0.5) is 0 Å². The van der Waals surface area contributed by atoms with Gasteiger partial charge in [0.1, 0.15) is 5.82 Å². The van der Waals surface area contributed by atoms with Crippen LogP contribution in [0.25, 0.3) is 11.3 Å². The highest BCUT2D eigenvalue weighted by atomic mass is 16.5. The molecule has 3 aliphatic heterocycles. The normalized spacial score (nSPS) is 19.1. The molecule has 0 saturated carbocycles. The molecule has 35 heavy (non-hydrogen) atoms. The van der Waals surface area contributed by atoms with Gasteiger partial charge < -0.3 is 24.4 Å². The van der Waals surface area contributed by atoms with Gasteiger partial charge in [-0.15, -0.1) is 0 Å². The maximum atomic E-state index is 13.9. The first-order valence-electron chi connectivity index (χ1n) is 12.6. The quantitative estimate of drug-likeness (QED) is 0.707. The molecule has 0 spiro atoms. The van der Waals surface area contributed by atoms with Gasteiger partial charge in [0.25, 0.3) is 5.91 Å². The second-order valence-electron chi connectivity index (χ2n) is 10.4. The van der Waals surface area contributed by atoms with E-state index in [2.05, 4.69) is 41.9 Å². The minimum Gasteiger partial charge on any atom is -0.493 e. The minimum absolute atomic E-state index is 0.0140. The number of carbonyl (C=O) groups is 1. The number of nitrogens with zero attached hydrogens (tertiary/aromatic N) is 3. The van der Waals surface area contributed by atoms with Gasteiger partial charge in [0.15, 0.2) is 17.2 Å². The molecule has 1 saturated heterocycles. The number of methoxy groups -OCH3 is 1. The number of aryl methyl sites for hydroxylation is 1. The molecule has 0 unspecified atom stereocenters. The van der Waals surface area contributed by atoms with Crippen LogP contribution in [0.15, 0.2) is 18.2 Å². The molecule has 0 radical (unpaired) electrons. The van der Waals surface area contributed by atoms with Crippen LogP contribution in [0.2, 0.25) is 0 Å². The number of hydrogen-bond donors (Lipinski definition) is 1. The van der Waals surface area contributed by atoms with Crippen molar-refractivity contribution in [1.82, 2.24) is 19.8 Å². The number of fused-ring (bicyclic) bond motifs is 3. The fraction of sp³-hybridized carbons (Fsp3) is 0.556. The summed E-state index contributed by atoms with van der Waals surface area (Å²) in [5.74, 6) is 2.28. The molecule has 1 aromatic carbocycles. The van der Waals surface area contributed by atoms with Crippen molar-refractivity contribution in [3.63, 3.8) is 0 Å². The van der Waals surface area contributed by atoms with Crippen molar-refractivity contribution >= 4 is 11.5 Å². The van der Waals surface area contributed by atoms with Crippen molar-refractivity contribution in [3.8, 4) is 17.2 Å². The molecule has 0 atom stereocenters. The topological polar surface area (TPSA) is 77.8 Å². The number of hydrogen-bond acceptors (Lipinski definition) is 6. The number of aromatic nitrogens is 2. The Morgan fingerprint density at radius 1 is 1.20 bits per heavy atom. The number of amides is 1. The van der Waals surface area contributed by atoms with Crippen LogP contribution in [-0.4, -0.2) is 72.0 Å². The summed E-state index contributed by atoms with van der Waals surface area (Å²) in [4.78, 5) is 20.9. The molecule has 0 aliphatic carbocycles. The van der Waals surface area contributed by atoms with E-state index in [4.69, 9.17) is 19.2 Å². The lowest BCUT2D eigenvalue weighted by atomic mass is 9.97. The molecular weight excluding hydrogens is 444 g/mol. The first-order chi connectivity index (χ1) is 16.8. The fourth-order valence-corrected chi connectivity index (χ4v) is 5.28. The standard InChI is InChI=1S/C27H36N4O4/c1-17(2)35-23-15-21-19(14-22(23)33-5)6-7-20-24(26(32)30-12-13-34-16-27(30,3)4)29-25(31(20)21)18-8-10-28-11-9-18/h8,14-15,17,28H,6-7,9-13,16H2,1-5H3. The summed E-state index contributed by atoms with van der Waals surface area (Å²) >= 11 is 0. The van der Waals surface area contributed by atoms with E-state index in [1.165, 1.54) is 11.1 Å². The molecule has 5 rings (SSSR count). The van der Waals surface area contributed by atoms with Crippen LogP contribution in [-0.2, 0) is 17.6 Å². The summed E-state index contributed by atoms with van der Waals surface area (Å²) in [6.07, 6.45) is 4.63. The van der Waals surface area contributed by atoms with E-state index in [1.807, 2.05) is 18.7 Å². The molecule has 1 fully saturated rings. The van der Waals surface area contributed by atoms with Crippen LogP contribution in [0.5, 0.6) is 11.5 Å². The van der Waals surface area contributed by atoms with Crippen molar-refractivity contribution in [2.24, 2.45) is 0 Å². The smallest absolute Gasteiger partial charge is 0.274 e. The lowest BCUT2D eigenvalue weighted by Gasteiger charge is -2.41. The Bertz CT molecular complexity index is 1160. The average Bonchev–Trinajstić information content (AvgIpc) is 3.23. The van der Waals surface area contributed by atoms with Crippen LogP contribution < -0.4 is 14.8 Å². The SMILES string of the molecule is COc1cc2c(cc1OC(C)C)-n1c(C3=CCNCC3)nc(C(=O)N3CCOCC3(C)C)c1CC2. The number of morpholine rings is 1. The third kappa shape index (κ3) is 4.34. The lowest BCUT2D eigenvalue weighted by Crippen LogP contribution is -2.55. The summed E-state index contributed by atoms with van der Waals surface area (Å²) in [6.45, 7) is 11.5. The monoisotopic (exact) mass is 480 g/mol. The van der Waals surface area contributed by atoms with Gasteiger partial charge in [-0.3, -0.25) is 9.36 Å². The summed E-state index contributed by atoms with van der Waals surface area (Å²) in [7, 11) is 1.67. The third-order valence-corrected chi connectivity index (χ3v) is 7.02. The number of ether oxygens (including phenoxy) is 3. The maximum Gasteiger partial charge on any atom is 0.274 e. The largest absolute Gasteiger partial charge is 0.493 e. The van der Waals surface area contributed by atoms with E-state index in [0.717, 1.165) is 55.3 Å². The van der Waals surface area contributed by atoms with Gasteiger partial charge in [-0.25, -0.2) is 4.98 Å². The molecule has 1 N–H and O–H groups in total. The number of rotatable bonds is 5. The van der Waals surface area contributed by atoms with Crippen LogP contribution in [0, 0.1) is 0 Å². The van der Waals surface area contributed by atoms with Gasteiger partial charge in [-0.2, -0.15) is 0 Å². The van der Waals surface area contributed by atoms with Gasteiger partial charge in [-0.05, 0) is 70.7 Å². The first-order valence-corrected chi connectivity index (χ1v) is 12.6. The second kappa shape index (κ2) is 9.32. The van der Waals surface area contributed by atoms with Crippen LogP contribution in [0.1, 0.15) is 61.7 Å². The lowest BCUT2D eigenvalue weighted by molar-refractivity contribution is -0.0373. The minimum atomic E-state index is -0.377. The Morgan fingerprint density at radius 2 is 2.03 bits per heavy atom. The molecular formula is C27H36N4O4. The third-order valence-electron chi connectivity index (χ3n) is 7.02. The Morgan fingerprint density at radius 3 is 2.71 bits per heavy atom. The molecule has 8 heteroatoms. The van der Waals surface area contributed by atoms with Gasteiger partial charge in [-0.1, -0.05) is 6.08 Å².